The molecule has 26 heavy (non-hydrogen) atoms. The van der Waals surface area contributed by atoms with Gasteiger partial charge in [-0.3, -0.25) is 4.90 Å². The highest BCUT2D eigenvalue weighted by molar-refractivity contribution is 7.87. The number of carbonyl (C=O) groups is 1. The molecule has 0 radical (unpaired) electrons. The van der Waals surface area contributed by atoms with Crippen molar-refractivity contribution in [2.24, 2.45) is 0 Å². The van der Waals surface area contributed by atoms with Crippen LogP contribution in [0.2, 0.25) is 15.1 Å². The van der Waals surface area contributed by atoms with Crippen LogP contribution in [-0.2, 0) is 10.1 Å². The van der Waals surface area contributed by atoms with E-state index >= 15 is 0 Å². The lowest BCUT2D eigenvalue weighted by Crippen LogP contribution is -2.39. The second-order valence-corrected chi connectivity index (χ2v) is 7.97. The number of hydrogen-bond donors (Lipinski definition) is 1. The molecule has 0 spiro atoms. The maximum atomic E-state index is 12.5. The fraction of sp³-hybridized carbons (Fsp3) is 0.0625. The summed E-state index contributed by atoms with van der Waals surface area (Å²) in [4.78, 5) is 13.0. The van der Waals surface area contributed by atoms with Gasteiger partial charge in [-0.05, 0) is 42.5 Å². The molecule has 2 amide bonds. The van der Waals surface area contributed by atoms with E-state index in [1.54, 1.807) is 12.3 Å². The van der Waals surface area contributed by atoms with Crippen LogP contribution in [0.3, 0.4) is 0 Å². The van der Waals surface area contributed by atoms with E-state index in [2.05, 4.69) is 5.32 Å². The predicted octanol–water partition coefficient (Wildman–Crippen LogP) is 4.46. The Balaban J connectivity index is 1.88. The molecular formula is C16H11Cl3N2O4S. The minimum atomic E-state index is -4.18. The second-order valence-electron chi connectivity index (χ2n) is 5.17. The van der Waals surface area contributed by atoms with Crippen LogP contribution in [0.4, 0.5) is 10.5 Å². The van der Waals surface area contributed by atoms with Crippen LogP contribution in [0.1, 0.15) is 0 Å². The Morgan fingerprint density at radius 3 is 2.23 bits per heavy atom. The fourth-order valence-electron chi connectivity index (χ4n) is 2.20. The van der Waals surface area contributed by atoms with Crippen molar-refractivity contribution in [1.29, 1.82) is 0 Å². The number of amides is 2. The van der Waals surface area contributed by atoms with Crippen molar-refractivity contribution >= 4 is 56.6 Å². The van der Waals surface area contributed by atoms with Crippen molar-refractivity contribution in [3.05, 3.63) is 63.7 Å². The molecule has 0 aliphatic carbocycles. The molecule has 1 aliphatic heterocycles. The SMILES string of the molecule is O=C1NCC=CN1c1ccc(S(=O)(=O)Oc2c(Cl)cc(Cl)cc2Cl)cc1. The first-order valence-corrected chi connectivity index (χ1v) is 9.75. The van der Waals surface area contributed by atoms with Crippen LogP contribution >= 0.6 is 34.8 Å². The molecule has 1 N–H and O–H groups in total. The zero-order valence-electron chi connectivity index (χ0n) is 12.9. The first-order chi connectivity index (χ1) is 12.3. The summed E-state index contributed by atoms with van der Waals surface area (Å²) in [7, 11) is -4.18. The van der Waals surface area contributed by atoms with Gasteiger partial charge in [0.15, 0.2) is 5.75 Å². The minimum Gasteiger partial charge on any atom is -0.376 e. The summed E-state index contributed by atoms with van der Waals surface area (Å²) in [6.07, 6.45) is 3.37. The van der Waals surface area contributed by atoms with Crippen LogP contribution in [0.5, 0.6) is 5.75 Å². The summed E-state index contributed by atoms with van der Waals surface area (Å²) in [5.41, 5.74) is 0.500. The number of anilines is 1. The highest BCUT2D eigenvalue weighted by Gasteiger charge is 2.22. The van der Waals surface area contributed by atoms with E-state index in [0.29, 0.717) is 12.2 Å². The predicted molar refractivity (Wildman–Crippen MR) is 101 cm³/mol. The highest BCUT2D eigenvalue weighted by atomic mass is 35.5. The zero-order chi connectivity index (χ0) is 18.9. The third-order valence-corrected chi connectivity index (χ3v) is 5.42. The standard InChI is InChI=1S/C16H11Cl3N2O4S/c17-10-8-13(18)15(14(19)9-10)25-26(23,24)12-4-2-11(3-5-12)21-7-1-6-20-16(21)22/h1-5,7-9H,6H2,(H,20,22). The lowest BCUT2D eigenvalue weighted by Gasteiger charge is -2.22. The highest BCUT2D eigenvalue weighted by Crippen LogP contribution is 2.37. The third kappa shape index (κ3) is 3.91. The van der Waals surface area contributed by atoms with Crippen molar-refractivity contribution in [2.45, 2.75) is 4.90 Å². The normalized spacial score (nSPS) is 14.3. The fourth-order valence-corrected chi connectivity index (χ4v) is 4.15. The number of nitrogens with one attached hydrogen (secondary N) is 1. The average molecular weight is 434 g/mol. The molecule has 136 valence electrons. The maximum absolute atomic E-state index is 12.5. The van der Waals surface area contributed by atoms with Gasteiger partial charge in [-0.2, -0.15) is 8.42 Å². The molecule has 10 heteroatoms. The van der Waals surface area contributed by atoms with Crippen molar-refractivity contribution in [1.82, 2.24) is 5.32 Å². The Hall–Kier alpha value is -1.93. The third-order valence-electron chi connectivity index (χ3n) is 3.40. The van der Waals surface area contributed by atoms with Gasteiger partial charge < -0.3 is 9.50 Å². The summed E-state index contributed by atoms with van der Waals surface area (Å²) >= 11 is 17.7. The molecule has 2 aromatic carbocycles. The quantitative estimate of drug-likeness (QED) is 0.722. The van der Waals surface area contributed by atoms with Gasteiger partial charge in [0.1, 0.15) is 4.90 Å². The molecule has 2 aromatic rings. The van der Waals surface area contributed by atoms with E-state index in [9.17, 15) is 13.2 Å². The summed E-state index contributed by atoms with van der Waals surface area (Å²) in [6, 6.07) is 7.94. The molecule has 0 aromatic heterocycles. The number of nitrogens with zero attached hydrogens (tertiary/aromatic N) is 1. The van der Waals surface area contributed by atoms with E-state index in [0.717, 1.165) is 0 Å². The van der Waals surface area contributed by atoms with Gasteiger partial charge in [0, 0.05) is 17.8 Å². The van der Waals surface area contributed by atoms with Crippen LogP contribution in [0.25, 0.3) is 0 Å². The average Bonchev–Trinajstić information content (AvgIpc) is 2.59. The van der Waals surface area contributed by atoms with Crippen molar-refractivity contribution < 1.29 is 17.4 Å². The largest absolute Gasteiger partial charge is 0.376 e. The number of halogens is 3. The molecular weight excluding hydrogens is 423 g/mol. The summed E-state index contributed by atoms with van der Waals surface area (Å²) in [5.74, 6) is -0.208. The molecule has 0 unspecified atom stereocenters. The molecule has 0 saturated heterocycles. The smallest absolute Gasteiger partial charge is 0.339 e. The number of hydrogen-bond acceptors (Lipinski definition) is 4. The van der Waals surface area contributed by atoms with Gasteiger partial charge in [-0.15, -0.1) is 0 Å². The van der Waals surface area contributed by atoms with Gasteiger partial charge in [0.05, 0.1) is 15.7 Å². The first kappa shape index (κ1) is 18.8. The molecule has 3 rings (SSSR count). The molecule has 1 aliphatic rings. The van der Waals surface area contributed by atoms with Gasteiger partial charge in [-0.1, -0.05) is 34.8 Å². The van der Waals surface area contributed by atoms with Crippen LogP contribution in [0.15, 0.2) is 53.6 Å². The Morgan fingerprint density at radius 1 is 1.04 bits per heavy atom. The van der Waals surface area contributed by atoms with Gasteiger partial charge in [0.2, 0.25) is 0 Å². The molecule has 1 heterocycles. The monoisotopic (exact) mass is 432 g/mol. The van der Waals surface area contributed by atoms with E-state index in [1.807, 2.05) is 0 Å². The van der Waals surface area contributed by atoms with E-state index < -0.39 is 10.1 Å². The first-order valence-electron chi connectivity index (χ1n) is 7.21. The summed E-state index contributed by atoms with van der Waals surface area (Å²) in [5, 5.41) is 2.83. The number of urea groups is 1. The Labute approximate surface area is 165 Å². The Bertz CT molecular complexity index is 968. The topological polar surface area (TPSA) is 75.7 Å². The van der Waals surface area contributed by atoms with E-state index in [1.165, 1.54) is 41.3 Å². The number of carbonyl (C=O) groups excluding carboxylic acids is 1. The van der Waals surface area contributed by atoms with Gasteiger partial charge in [-0.25, -0.2) is 4.79 Å². The van der Waals surface area contributed by atoms with Crippen LogP contribution in [0, 0.1) is 0 Å². The molecule has 0 bridgehead atoms. The molecule has 0 atom stereocenters. The van der Waals surface area contributed by atoms with Gasteiger partial charge >= 0.3 is 16.1 Å². The lowest BCUT2D eigenvalue weighted by atomic mass is 10.3. The molecule has 0 fully saturated rings. The van der Waals surface area contributed by atoms with E-state index in [4.69, 9.17) is 39.0 Å². The second kappa shape index (κ2) is 7.36. The summed E-state index contributed by atoms with van der Waals surface area (Å²) < 4.78 is 30.0. The van der Waals surface area contributed by atoms with Gasteiger partial charge in [0.25, 0.3) is 0 Å². The molecule has 6 nitrogen and oxygen atoms in total. The van der Waals surface area contributed by atoms with Crippen molar-refractivity contribution in [3.8, 4) is 5.75 Å². The van der Waals surface area contributed by atoms with Crippen molar-refractivity contribution in [2.75, 3.05) is 11.4 Å². The molecule has 0 saturated carbocycles. The van der Waals surface area contributed by atoms with E-state index in [-0.39, 0.29) is 31.7 Å². The lowest BCUT2D eigenvalue weighted by molar-refractivity contribution is 0.248. The number of rotatable bonds is 4. The van der Waals surface area contributed by atoms with Crippen molar-refractivity contribution in [3.63, 3.8) is 0 Å². The maximum Gasteiger partial charge on any atom is 0.339 e. The van der Waals surface area contributed by atoms with Crippen LogP contribution in [-0.4, -0.2) is 21.0 Å². The minimum absolute atomic E-state index is 0.0298. The Morgan fingerprint density at radius 2 is 1.65 bits per heavy atom. The van der Waals surface area contributed by atoms with Crippen LogP contribution < -0.4 is 14.4 Å². The zero-order valence-corrected chi connectivity index (χ0v) is 16.0. The number of benzene rings is 2. The summed E-state index contributed by atoms with van der Waals surface area (Å²) in [6.45, 7) is 0.443. The Kier molecular flexibility index (Phi) is 5.34.